The average Bonchev–Trinajstić information content (AvgIpc) is 3.35. The van der Waals surface area contributed by atoms with E-state index in [1.165, 1.54) is 167 Å². The molecule has 0 saturated carbocycles. The predicted octanol–water partition coefficient (Wildman–Crippen LogP) is 18.8. The first-order valence-corrected chi connectivity index (χ1v) is 32.0. The number of hydrogen-bond acceptors (Lipinski definition) is 5. The molecule has 0 aromatic rings. The summed E-state index contributed by atoms with van der Waals surface area (Å²) in [5.41, 5.74) is 0. The Kier molecular flexibility index (Phi) is 52.7. The minimum absolute atomic E-state index is 0.0452. The van der Waals surface area contributed by atoms with E-state index in [-0.39, 0.29) is 19.1 Å². The second-order valence-corrected chi connectivity index (χ2v) is 23.1. The Balaban J connectivity index is 4.20. The van der Waals surface area contributed by atoms with Crippen molar-refractivity contribution in [3.63, 3.8) is 0 Å². The van der Waals surface area contributed by atoms with E-state index in [1.807, 2.05) is 27.2 Å². The van der Waals surface area contributed by atoms with Gasteiger partial charge in [-0.3, -0.25) is 13.8 Å². The Hall–Kier alpha value is -2.32. The molecule has 73 heavy (non-hydrogen) atoms. The highest BCUT2D eigenvalue weighted by Crippen LogP contribution is 2.43. The van der Waals surface area contributed by atoms with Gasteiger partial charge in [-0.1, -0.05) is 266 Å². The molecule has 0 aliphatic heterocycles. The van der Waals surface area contributed by atoms with Gasteiger partial charge in [-0.2, -0.15) is 0 Å². The van der Waals surface area contributed by atoms with Gasteiger partial charge in [0.15, 0.2) is 0 Å². The zero-order chi connectivity index (χ0) is 53.5. The monoisotopic (exact) mass is 1040 g/mol. The number of likely N-dealkylation sites (N-methyl/N-ethyl adjacent to an activating group) is 1. The maximum Gasteiger partial charge on any atom is 0.472 e. The average molecular weight is 1040 g/mol. The van der Waals surface area contributed by atoms with Crippen LogP contribution in [0.2, 0.25) is 0 Å². The zero-order valence-electron chi connectivity index (χ0n) is 48.4. The predicted molar refractivity (Wildman–Crippen MR) is 318 cm³/mol. The van der Waals surface area contributed by atoms with Crippen molar-refractivity contribution in [2.75, 3.05) is 40.9 Å². The third-order valence-corrected chi connectivity index (χ3v) is 14.3. The van der Waals surface area contributed by atoms with Gasteiger partial charge in [0.2, 0.25) is 5.91 Å². The number of aliphatic hydroxyl groups excluding tert-OH is 1. The number of nitrogens with zero attached hydrogens (tertiary/aromatic N) is 1. The zero-order valence-corrected chi connectivity index (χ0v) is 49.3. The lowest BCUT2D eigenvalue weighted by atomic mass is 10.0. The summed E-state index contributed by atoms with van der Waals surface area (Å²) >= 11 is 0. The summed E-state index contributed by atoms with van der Waals surface area (Å²) in [5.74, 6) is -0.219. The Morgan fingerprint density at radius 2 is 0.836 bits per heavy atom. The summed E-state index contributed by atoms with van der Waals surface area (Å²) in [6.45, 7) is 4.67. The van der Waals surface area contributed by atoms with Gasteiger partial charge in [-0.25, -0.2) is 4.57 Å². The van der Waals surface area contributed by atoms with Crippen LogP contribution in [-0.2, 0) is 18.4 Å². The smallest absolute Gasteiger partial charge is 0.387 e. The quantitative estimate of drug-likeness (QED) is 0.0243. The van der Waals surface area contributed by atoms with Crippen LogP contribution in [0.3, 0.4) is 0 Å². The van der Waals surface area contributed by atoms with E-state index in [9.17, 15) is 19.4 Å². The summed E-state index contributed by atoms with van der Waals surface area (Å²) in [6.07, 6.45) is 77.2. The molecule has 0 aliphatic rings. The van der Waals surface area contributed by atoms with Crippen LogP contribution in [0.5, 0.6) is 0 Å². The van der Waals surface area contributed by atoms with Crippen LogP contribution in [-0.4, -0.2) is 73.4 Å². The van der Waals surface area contributed by atoms with Crippen LogP contribution in [0.25, 0.3) is 0 Å². The lowest BCUT2D eigenvalue weighted by Crippen LogP contribution is -2.45. The van der Waals surface area contributed by atoms with Crippen molar-refractivity contribution in [2.24, 2.45) is 0 Å². The molecule has 424 valence electrons. The van der Waals surface area contributed by atoms with Crippen LogP contribution in [0.4, 0.5) is 0 Å². The highest BCUT2D eigenvalue weighted by atomic mass is 31.2. The van der Waals surface area contributed by atoms with Crippen LogP contribution >= 0.6 is 7.82 Å². The summed E-state index contributed by atoms with van der Waals surface area (Å²) in [7, 11) is 1.52. The number of rotatable bonds is 55. The second-order valence-electron chi connectivity index (χ2n) is 21.7. The number of unbranched alkanes of at least 4 members (excludes halogenated alkanes) is 30. The number of allylic oxidation sites excluding steroid dienone is 13. The first-order chi connectivity index (χ1) is 35.5. The van der Waals surface area contributed by atoms with E-state index >= 15 is 0 Å². The molecule has 8 nitrogen and oxygen atoms in total. The molecule has 3 atom stereocenters. The van der Waals surface area contributed by atoms with Gasteiger partial charge >= 0.3 is 7.82 Å². The second kappa shape index (κ2) is 54.5. The Labute approximate surface area is 452 Å². The summed E-state index contributed by atoms with van der Waals surface area (Å²) in [5, 5.41) is 13.9. The largest absolute Gasteiger partial charge is 0.472 e. The molecule has 0 aromatic heterocycles. The van der Waals surface area contributed by atoms with Crippen molar-refractivity contribution in [1.29, 1.82) is 0 Å². The van der Waals surface area contributed by atoms with Gasteiger partial charge in [-0.05, 0) is 77.0 Å². The fraction of sp³-hybridized carbons (Fsp3) is 0.766. The molecule has 1 amide bonds. The van der Waals surface area contributed by atoms with Gasteiger partial charge < -0.3 is 19.8 Å². The number of phosphoric acid groups is 1. The van der Waals surface area contributed by atoms with E-state index in [4.69, 9.17) is 9.05 Å². The molecule has 0 heterocycles. The van der Waals surface area contributed by atoms with Crippen LogP contribution in [0.1, 0.15) is 264 Å². The topological polar surface area (TPSA) is 105 Å². The van der Waals surface area contributed by atoms with Gasteiger partial charge in [0.25, 0.3) is 0 Å². The number of nitrogens with one attached hydrogen (secondary N) is 1. The molecule has 9 heteroatoms. The van der Waals surface area contributed by atoms with E-state index < -0.39 is 20.0 Å². The number of hydrogen-bond donors (Lipinski definition) is 3. The molecule has 0 rings (SSSR count). The Morgan fingerprint density at radius 1 is 0.479 bits per heavy atom. The van der Waals surface area contributed by atoms with Gasteiger partial charge in [0.05, 0.1) is 39.9 Å². The first kappa shape index (κ1) is 70.7. The van der Waals surface area contributed by atoms with E-state index in [0.29, 0.717) is 23.9 Å². The summed E-state index contributed by atoms with van der Waals surface area (Å²) in [4.78, 5) is 23.3. The molecule has 0 spiro atoms. The number of amides is 1. The molecule has 0 radical (unpaired) electrons. The molecule has 0 bridgehead atoms. The first-order valence-electron chi connectivity index (χ1n) is 30.5. The van der Waals surface area contributed by atoms with Gasteiger partial charge in [0, 0.05) is 6.42 Å². The molecular formula is C64H118N2O6P+. The minimum Gasteiger partial charge on any atom is -0.387 e. The van der Waals surface area contributed by atoms with Crippen LogP contribution < -0.4 is 5.32 Å². The van der Waals surface area contributed by atoms with Gasteiger partial charge in [0.1, 0.15) is 13.2 Å². The Bertz CT molecular complexity index is 1460. The van der Waals surface area contributed by atoms with E-state index in [2.05, 4.69) is 92.1 Å². The van der Waals surface area contributed by atoms with Crippen molar-refractivity contribution in [1.82, 2.24) is 5.32 Å². The fourth-order valence-corrected chi connectivity index (χ4v) is 9.35. The van der Waals surface area contributed by atoms with Crippen molar-refractivity contribution in [3.8, 4) is 0 Å². The number of carbonyl (C=O) groups is 1. The van der Waals surface area contributed by atoms with E-state index in [1.54, 1.807) is 6.08 Å². The number of quaternary nitrogens is 1. The highest BCUT2D eigenvalue weighted by Gasteiger charge is 2.27. The van der Waals surface area contributed by atoms with Crippen LogP contribution in [0, 0.1) is 0 Å². The number of phosphoric ester groups is 1. The van der Waals surface area contributed by atoms with Crippen molar-refractivity contribution >= 4 is 13.7 Å². The maximum atomic E-state index is 13.0. The van der Waals surface area contributed by atoms with Crippen molar-refractivity contribution in [3.05, 3.63) is 85.1 Å². The normalized spacial score (nSPS) is 14.5. The maximum absolute atomic E-state index is 13.0. The number of aliphatic hydroxyl groups is 1. The number of carbonyl (C=O) groups excluding carboxylic acids is 1. The fourth-order valence-electron chi connectivity index (χ4n) is 8.62. The summed E-state index contributed by atoms with van der Waals surface area (Å²) in [6, 6.07) is -0.888. The molecule has 0 saturated heterocycles. The third kappa shape index (κ3) is 57.2. The molecule has 3 unspecified atom stereocenters. The molecule has 0 aliphatic carbocycles. The lowest BCUT2D eigenvalue weighted by molar-refractivity contribution is -0.870. The van der Waals surface area contributed by atoms with Crippen molar-refractivity contribution < 1.29 is 32.9 Å². The standard InChI is InChI=1S/C64H117N2O6P/c1-6-8-10-12-14-16-18-20-22-24-26-27-28-29-30-31-32-33-34-35-36-37-38-40-41-43-45-47-49-51-53-55-57-63(67)62(61-72-73(69,70)71-60-59-66(3,4)5)65-64(68)58-56-54-52-50-48-46-44-42-39-25-23-21-19-17-15-13-11-9-7-2/h9,11,15,17,21,23,39,42,46-49,55,57,62-63,67H,6-8,10,12-14,16,18-20,22,24-38,40-41,43-45,50-54,56,58-61H2,1-5H3,(H-,65,68,69,70)/p+1/b11-9-,17-15-,23-21-,42-39-,48-46-,49-47+,57-55+. The van der Waals surface area contributed by atoms with E-state index in [0.717, 1.165) is 70.6 Å². The molecule has 3 N–H and O–H groups in total. The highest BCUT2D eigenvalue weighted by molar-refractivity contribution is 7.47. The molecular weight excluding hydrogens is 924 g/mol. The SMILES string of the molecule is CC/C=C\C/C=C\C/C=C\C/C=C\C/C=C\CCCCCC(=O)NC(COP(=O)(O)OCC[N+](C)(C)C)C(O)/C=C/CC/C=C/CCCCCCCCCCCCCCCCCCCCCCCCCCCC. The third-order valence-electron chi connectivity index (χ3n) is 13.3. The minimum atomic E-state index is -4.37. The lowest BCUT2D eigenvalue weighted by Gasteiger charge is -2.25. The molecule has 0 fully saturated rings. The van der Waals surface area contributed by atoms with Crippen LogP contribution in [0.15, 0.2) is 85.1 Å². The molecule has 0 aromatic carbocycles. The van der Waals surface area contributed by atoms with Gasteiger partial charge in [-0.15, -0.1) is 0 Å². The Morgan fingerprint density at radius 3 is 1.26 bits per heavy atom. The van der Waals surface area contributed by atoms with Crippen molar-refractivity contribution in [2.45, 2.75) is 276 Å². The summed E-state index contributed by atoms with van der Waals surface area (Å²) < 4.78 is 23.7.